The molecule has 100 valence electrons. The van der Waals surface area contributed by atoms with E-state index in [4.69, 9.17) is 40.5 Å². The maximum absolute atomic E-state index is 12.0. The molecule has 1 aromatic rings. The van der Waals surface area contributed by atoms with Crippen LogP contribution >= 0.6 is 34.8 Å². The number of hydrogen-bond donors (Lipinski definition) is 2. The summed E-state index contributed by atoms with van der Waals surface area (Å²) in [7, 11) is 0. The van der Waals surface area contributed by atoms with E-state index in [9.17, 15) is 4.79 Å². The van der Waals surface area contributed by atoms with Crippen molar-refractivity contribution in [3.05, 3.63) is 27.2 Å². The topological polar surface area (TPSA) is 55.1 Å². The third kappa shape index (κ3) is 3.75. The monoisotopic (exact) mass is 308 g/mol. The van der Waals surface area contributed by atoms with Gasteiger partial charge in [0.05, 0.1) is 21.3 Å². The average Bonchev–Trinajstić information content (AvgIpc) is 2.22. The molecule has 0 radical (unpaired) electrons. The number of carbonyl (C=O) groups excluding carboxylic acids is 1. The first-order chi connectivity index (χ1) is 8.27. The highest BCUT2D eigenvalue weighted by atomic mass is 35.5. The van der Waals surface area contributed by atoms with Crippen LogP contribution in [0.3, 0.4) is 0 Å². The second-order valence-electron chi connectivity index (χ2n) is 4.37. The van der Waals surface area contributed by atoms with Gasteiger partial charge >= 0.3 is 0 Å². The minimum atomic E-state index is -0.957. The molecule has 0 saturated heterocycles. The Morgan fingerprint density at radius 2 is 1.83 bits per heavy atom. The van der Waals surface area contributed by atoms with Crippen LogP contribution in [0.15, 0.2) is 12.1 Å². The maximum Gasteiger partial charge on any atom is 0.244 e. The van der Waals surface area contributed by atoms with Gasteiger partial charge in [0.2, 0.25) is 5.91 Å². The summed E-state index contributed by atoms with van der Waals surface area (Å²) >= 11 is 17.8. The van der Waals surface area contributed by atoms with Crippen LogP contribution in [-0.2, 0) is 4.79 Å². The van der Waals surface area contributed by atoms with Crippen LogP contribution in [0.4, 0.5) is 5.69 Å². The first kappa shape index (κ1) is 15.6. The lowest BCUT2D eigenvalue weighted by Gasteiger charge is -2.23. The standard InChI is InChI=1S/C12H15Cl3N2O/c1-3-4-12(2,16)11(18)17-10-8(14)5-7(13)6-9(10)15/h5-6H,3-4,16H2,1-2H3,(H,17,18). The highest BCUT2D eigenvalue weighted by molar-refractivity contribution is 6.42. The second-order valence-corrected chi connectivity index (χ2v) is 5.62. The second kappa shape index (κ2) is 6.11. The molecule has 0 aliphatic rings. The third-order valence-corrected chi connectivity index (χ3v) is 3.35. The Labute approximate surface area is 122 Å². The van der Waals surface area contributed by atoms with Gasteiger partial charge in [-0.3, -0.25) is 4.79 Å². The van der Waals surface area contributed by atoms with Crippen LogP contribution in [0, 0.1) is 0 Å². The van der Waals surface area contributed by atoms with Gasteiger partial charge < -0.3 is 11.1 Å². The largest absolute Gasteiger partial charge is 0.322 e. The van der Waals surface area contributed by atoms with Gasteiger partial charge in [0.25, 0.3) is 0 Å². The zero-order chi connectivity index (χ0) is 13.9. The van der Waals surface area contributed by atoms with Crippen molar-refractivity contribution in [3.63, 3.8) is 0 Å². The summed E-state index contributed by atoms with van der Waals surface area (Å²) < 4.78 is 0. The molecule has 3 nitrogen and oxygen atoms in total. The lowest BCUT2D eigenvalue weighted by Crippen LogP contribution is -2.48. The SMILES string of the molecule is CCCC(C)(N)C(=O)Nc1c(Cl)cc(Cl)cc1Cl. The molecule has 0 saturated carbocycles. The van der Waals surface area contributed by atoms with E-state index >= 15 is 0 Å². The van der Waals surface area contributed by atoms with Crippen molar-refractivity contribution in [2.75, 3.05) is 5.32 Å². The number of carbonyl (C=O) groups is 1. The number of amides is 1. The first-order valence-corrected chi connectivity index (χ1v) is 6.66. The fourth-order valence-electron chi connectivity index (χ4n) is 1.55. The predicted octanol–water partition coefficient (Wildman–Crippen LogP) is 4.10. The number of benzene rings is 1. The maximum atomic E-state index is 12.0. The van der Waals surface area contributed by atoms with Crippen molar-refractivity contribution >= 4 is 46.4 Å². The first-order valence-electron chi connectivity index (χ1n) is 5.53. The zero-order valence-electron chi connectivity index (χ0n) is 10.2. The van der Waals surface area contributed by atoms with Gasteiger partial charge in [-0.25, -0.2) is 0 Å². The van der Waals surface area contributed by atoms with Crippen molar-refractivity contribution in [1.82, 2.24) is 0 Å². The summed E-state index contributed by atoms with van der Waals surface area (Å²) in [5.41, 5.74) is 5.30. The molecule has 1 aromatic carbocycles. The van der Waals surface area contributed by atoms with Crippen molar-refractivity contribution in [2.24, 2.45) is 5.73 Å². The van der Waals surface area contributed by atoms with Gasteiger partial charge in [0.1, 0.15) is 0 Å². The molecule has 0 aromatic heterocycles. The Balaban J connectivity index is 2.95. The fraction of sp³-hybridized carbons (Fsp3) is 0.417. The Kier molecular flexibility index (Phi) is 5.29. The van der Waals surface area contributed by atoms with Crippen molar-refractivity contribution in [1.29, 1.82) is 0 Å². The van der Waals surface area contributed by atoms with Gasteiger partial charge in [-0.2, -0.15) is 0 Å². The summed E-state index contributed by atoms with van der Waals surface area (Å²) in [5, 5.41) is 3.62. The van der Waals surface area contributed by atoms with E-state index in [1.54, 1.807) is 6.92 Å². The highest BCUT2D eigenvalue weighted by Crippen LogP contribution is 2.34. The highest BCUT2D eigenvalue weighted by Gasteiger charge is 2.28. The van der Waals surface area contributed by atoms with E-state index in [0.29, 0.717) is 17.1 Å². The Morgan fingerprint density at radius 3 is 2.28 bits per heavy atom. The number of nitrogens with one attached hydrogen (secondary N) is 1. The molecule has 0 spiro atoms. The minimum absolute atomic E-state index is 0.285. The van der Waals surface area contributed by atoms with Gasteiger partial charge in [0, 0.05) is 5.02 Å². The smallest absolute Gasteiger partial charge is 0.244 e. The Morgan fingerprint density at radius 1 is 1.33 bits per heavy atom. The molecule has 1 unspecified atom stereocenters. The third-order valence-electron chi connectivity index (χ3n) is 2.53. The molecular weight excluding hydrogens is 295 g/mol. The lowest BCUT2D eigenvalue weighted by atomic mass is 9.96. The normalized spacial score (nSPS) is 14.1. The van der Waals surface area contributed by atoms with E-state index in [1.807, 2.05) is 6.92 Å². The Bertz CT molecular complexity index is 438. The van der Waals surface area contributed by atoms with Crippen LogP contribution in [0.2, 0.25) is 15.1 Å². The quantitative estimate of drug-likeness (QED) is 0.879. The van der Waals surface area contributed by atoms with E-state index in [2.05, 4.69) is 5.32 Å². The lowest BCUT2D eigenvalue weighted by molar-refractivity contribution is -0.120. The van der Waals surface area contributed by atoms with Crippen LogP contribution in [0.25, 0.3) is 0 Å². The van der Waals surface area contributed by atoms with Crippen LogP contribution in [0.1, 0.15) is 26.7 Å². The zero-order valence-corrected chi connectivity index (χ0v) is 12.5. The number of hydrogen-bond acceptors (Lipinski definition) is 2. The van der Waals surface area contributed by atoms with Crippen molar-refractivity contribution in [2.45, 2.75) is 32.2 Å². The molecular formula is C12H15Cl3N2O. The van der Waals surface area contributed by atoms with Crippen molar-refractivity contribution < 1.29 is 4.79 Å². The van der Waals surface area contributed by atoms with Crippen LogP contribution < -0.4 is 11.1 Å². The van der Waals surface area contributed by atoms with Gasteiger partial charge in [-0.15, -0.1) is 0 Å². The van der Waals surface area contributed by atoms with Crippen LogP contribution in [0.5, 0.6) is 0 Å². The molecule has 6 heteroatoms. The average molecular weight is 310 g/mol. The molecule has 0 heterocycles. The number of nitrogens with two attached hydrogens (primary N) is 1. The molecule has 18 heavy (non-hydrogen) atoms. The van der Waals surface area contributed by atoms with Crippen molar-refractivity contribution in [3.8, 4) is 0 Å². The molecule has 1 atom stereocenters. The minimum Gasteiger partial charge on any atom is -0.322 e. The molecule has 0 bridgehead atoms. The summed E-state index contributed by atoms with van der Waals surface area (Å²) in [6.07, 6.45) is 1.38. The fourth-order valence-corrected chi connectivity index (χ4v) is 2.46. The van der Waals surface area contributed by atoms with Gasteiger partial charge in [-0.05, 0) is 25.5 Å². The van der Waals surface area contributed by atoms with E-state index in [0.717, 1.165) is 6.42 Å². The van der Waals surface area contributed by atoms with E-state index in [1.165, 1.54) is 12.1 Å². The summed E-state index contributed by atoms with van der Waals surface area (Å²) in [4.78, 5) is 12.0. The van der Waals surface area contributed by atoms with Gasteiger partial charge in [0.15, 0.2) is 0 Å². The molecule has 0 fully saturated rings. The molecule has 1 amide bonds. The summed E-state index contributed by atoms with van der Waals surface area (Å²) in [5.74, 6) is -0.324. The summed E-state index contributed by atoms with van der Waals surface area (Å²) in [6.45, 7) is 3.63. The van der Waals surface area contributed by atoms with Crippen LogP contribution in [-0.4, -0.2) is 11.4 Å². The molecule has 3 N–H and O–H groups in total. The number of rotatable bonds is 4. The summed E-state index contributed by atoms with van der Waals surface area (Å²) in [6, 6.07) is 3.02. The molecule has 0 aliphatic heterocycles. The predicted molar refractivity (Wildman–Crippen MR) is 77.6 cm³/mol. The van der Waals surface area contributed by atoms with Gasteiger partial charge in [-0.1, -0.05) is 48.1 Å². The van der Waals surface area contributed by atoms with E-state index in [-0.39, 0.29) is 16.0 Å². The molecule has 0 aliphatic carbocycles. The van der Waals surface area contributed by atoms with E-state index < -0.39 is 5.54 Å². The number of anilines is 1. The Hall–Kier alpha value is -0.480. The number of halogens is 3. The molecule has 1 rings (SSSR count).